The lowest BCUT2D eigenvalue weighted by Crippen LogP contribution is -2.31. The van der Waals surface area contributed by atoms with Crippen molar-refractivity contribution in [3.8, 4) is 0 Å². The number of aromatic nitrogens is 2. The number of esters is 1. The van der Waals surface area contributed by atoms with Gasteiger partial charge in [0.1, 0.15) is 0 Å². The first-order valence-corrected chi connectivity index (χ1v) is 8.99. The molecule has 1 amide bonds. The summed E-state index contributed by atoms with van der Waals surface area (Å²) in [5.41, 5.74) is 2.66. The van der Waals surface area contributed by atoms with E-state index in [1.54, 1.807) is 56.6 Å². The Labute approximate surface area is 161 Å². The van der Waals surface area contributed by atoms with Crippen LogP contribution in [0.3, 0.4) is 0 Å². The molecule has 0 bridgehead atoms. The number of carbonyl (C=O) groups excluding carboxylic acids is 2. The third kappa shape index (κ3) is 4.65. The fourth-order valence-corrected chi connectivity index (χ4v) is 3.06. The highest BCUT2D eigenvalue weighted by molar-refractivity contribution is 6.31. The molecule has 3 rings (SSSR count). The van der Waals surface area contributed by atoms with Crippen molar-refractivity contribution in [3.05, 3.63) is 64.9 Å². The largest absolute Gasteiger partial charge is 0.463 e. The molecule has 6 nitrogen and oxygen atoms in total. The van der Waals surface area contributed by atoms with Gasteiger partial charge >= 0.3 is 5.97 Å². The maximum absolute atomic E-state index is 12.8. The van der Waals surface area contributed by atoms with E-state index in [2.05, 4.69) is 15.3 Å². The maximum Gasteiger partial charge on any atom is 0.308 e. The van der Waals surface area contributed by atoms with Crippen molar-refractivity contribution < 1.29 is 14.3 Å². The van der Waals surface area contributed by atoms with Crippen LogP contribution in [0.5, 0.6) is 0 Å². The molecule has 27 heavy (non-hydrogen) atoms. The Morgan fingerprint density at radius 2 is 2.00 bits per heavy atom. The Morgan fingerprint density at radius 1 is 1.22 bits per heavy atom. The summed E-state index contributed by atoms with van der Waals surface area (Å²) < 4.78 is 5.23. The first kappa shape index (κ1) is 18.9. The van der Waals surface area contributed by atoms with E-state index in [1.165, 1.54) is 0 Å². The lowest BCUT2D eigenvalue weighted by atomic mass is 10.0. The summed E-state index contributed by atoms with van der Waals surface area (Å²) in [4.78, 5) is 32.1. The number of rotatable bonds is 6. The highest BCUT2D eigenvalue weighted by atomic mass is 35.5. The van der Waals surface area contributed by atoms with E-state index in [1.807, 2.05) is 6.07 Å². The number of ether oxygens (including phenoxy) is 1. The molecule has 3 aromatic rings. The van der Waals surface area contributed by atoms with Crippen LogP contribution in [0.2, 0.25) is 5.02 Å². The first-order valence-electron chi connectivity index (χ1n) is 8.62. The number of fused-ring (bicyclic) bond motifs is 1. The zero-order chi connectivity index (χ0) is 19.4. The van der Waals surface area contributed by atoms with Crippen LogP contribution >= 0.6 is 11.6 Å². The number of aromatic amines is 1. The number of nitrogens with one attached hydrogen (secondary N) is 2. The molecular formula is C20H20ClN3O3. The van der Waals surface area contributed by atoms with Gasteiger partial charge in [-0.05, 0) is 43.7 Å². The van der Waals surface area contributed by atoms with Crippen molar-refractivity contribution in [2.45, 2.75) is 32.4 Å². The number of nitrogens with zero attached hydrogens (tertiary/aromatic N) is 1. The molecule has 0 saturated heterocycles. The van der Waals surface area contributed by atoms with E-state index in [9.17, 15) is 9.59 Å². The molecule has 0 aliphatic rings. The predicted molar refractivity (Wildman–Crippen MR) is 104 cm³/mol. The van der Waals surface area contributed by atoms with Crippen LogP contribution in [-0.2, 0) is 9.53 Å². The van der Waals surface area contributed by atoms with Crippen molar-refractivity contribution in [2.75, 3.05) is 0 Å². The van der Waals surface area contributed by atoms with Crippen LogP contribution in [0.25, 0.3) is 11.0 Å². The molecule has 1 atom stereocenters. The van der Waals surface area contributed by atoms with Gasteiger partial charge in [0.05, 0.1) is 35.9 Å². The van der Waals surface area contributed by atoms with Crippen LogP contribution in [0.1, 0.15) is 42.2 Å². The third-order valence-electron chi connectivity index (χ3n) is 4.01. The van der Waals surface area contributed by atoms with Gasteiger partial charge in [-0.2, -0.15) is 0 Å². The van der Waals surface area contributed by atoms with Crippen LogP contribution < -0.4 is 5.32 Å². The van der Waals surface area contributed by atoms with Crippen LogP contribution in [0, 0.1) is 0 Å². The maximum atomic E-state index is 12.8. The summed E-state index contributed by atoms with van der Waals surface area (Å²) >= 11 is 6.28. The van der Waals surface area contributed by atoms with E-state index in [0.29, 0.717) is 16.1 Å². The molecule has 0 aliphatic carbocycles. The summed E-state index contributed by atoms with van der Waals surface area (Å²) in [6.45, 7) is 3.56. The zero-order valence-electron chi connectivity index (χ0n) is 15.0. The SMILES string of the molecule is CC(C)OC(=O)CC(NC(=O)c1ccc2nc[nH]c2c1)c1ccccc1Cl. The van der Waals surface area contributed by atoms with Gasteiger partial charge in [-0.15, -0.1) is 0 Å². The fraction of sp³-hybridized carbons (Fsp3) is 0.250. The smallest absolute Gasteiger partial charge is 0.308 e. The first-order chi connectivity index (χ1) is 12.9. The monoisotopic (exact) mass is 385 g/mol. The predicted octanol–water partition coefficient (Wildman–Crippen LogP) is 4.03. The zero-order valence-corrected chi connectivity index (χ0v) is 15.8. The highest BCUT2D eigenvalue weighted by Gasteiger charge is 2.22. The van der Waals surface area contributed by atoms with Gasteiger partial charge in [0.15, 0.2) is 0 Å². The second-order valence-electron chi connectivity index (χ2n) is 6.42. The number of imidazole rings is 1. The van der Waals surface area contributed by atoms with Crippen molar-refractivity contribution in [1.82, 2.24) is 15.3 Å². The van der Waals surface area contributed by atoms with E-state index in [-0.39, 0.29) is 18.4 Å². The topological polar surface area (TPSA) is 84.1 Å². The molecule has 1 unspecified atom stereocenters. The van der Waals surface area contributed by atoms with Gasteiger partial charge in [0.2, 0.25) is 0 Å². The number of H-pyrrole nitrogens is 1. The number of benzene rings is 2. The number of amides is 1. The normalized spacial score (nSPS) is 12.1. The van der Waals surface area contributed by atoms with Crippen molar-refractivity contribution in [2.24, 2.45) is 0 Å². The van der Waals surface area contributed by atoms with Gasteiger partial charge in [-0.3, -0.25) is 9.59 Å². The molecule has 0 spiro atoms. The minimum Gasteiger partial charge on any atom is -0.463 e. The minimum atomic E-state index is -0.602. The summed E-state index contributed by atoms with van der Waals surface area (Å²) in [7, 11) is 0. The van der Waals surface area contributed by atoms with Gasteiger partial charge in [-0.25, -0.2) is 4.98 Å². The molecule has 0 aliphatic heterocycles. The number of hydrogen-bond donors (Lipinski definition) is 2. The van der Waals surface area contributed by atoms with Gasteiger partial charge in [-0.1, -0.05) is 29.8 Å². The molecule has 140 valence electrons. The van der Waals surface area contributed by atoms with E-state index < -0.39 is 12.0 Å². The number of halogens is 1. The molecule has 2 N–H and O–H groups in total. The average molecular weight is 386 g/mol. The summed E-state index contributed by atoms with van der Waals surface area (Å²) in [6, 6.07) is 11.7. The number of hydrogen-bond acceptors (Lipinski definition) is 4. The van der Waals surface area contributed by atoms with Crippen LogP contribution in [-0.4, -0.2) is 27.9 Å². The minimum absolute atomic E-state index is 0.0139. The summed E-state index contributed by atoms with van der Waals surface area (Å²) in [5, 5.41) is 3.37. The van der Waals surface area contributed by atoms with Gasteiger partial charge < -0.3 is 15.0 Å². The molecule has 1 aromatic heterocycles. The Bertz CT molecular complexity index is 968. The van der Waals surface area contributed by atoms with E-state index in [4.69, 9.17) is 16.3 Å². The quantitative estimate of drug-likeness (QED) is 0.627. The Morgan fingerprint density at radius 3 is 2.74 bits per heavy atom. The van der Waals surface area contributed by atoms with Crippen LogP contribution in [0.4, 0.5) is 0 Å². The molecule has 1 heterocycles. The third-order valence-corrected chi connectivity index (χ3v) is 4.35. The molecule has 0 radical (unpaired) electrons. The average Bonchev–Trinajstić information content (AvgIpc) is 3.08. The van der Waals surface area contributed by atoms with Crippen molar-refractivity contribution in [1.29, 1.82) is 0 Å². The van der Waals surface area contributed by atoms with Crippen molar-refractivity contribution in [3.63, 3.8) is 0 Å². The number of carbonyl (C=O) groups is 2. The Balaban J connectivity index is 1.84. The fourth-order valence-electron chi connectivity index (χ4n) is 2.79. The molecule has 7 heteroatoms. The summed E-state index contributed by atoms with van der Waals surface area (Å²) in [6.07, 6.45) is 1.32. The lowest BCUT2D eigenvalue weighted by Gasteiger charge is -2.20. The van der Waals surface area contributed by atoms with Gasteiger partial charge in [0.25, 0.3) is 5.91 Å². The lowest BCUT2D eigenvalue weighted by molar-refractivity contribution is -0.147. The second kappa shape index (κ2) is 8.22. The standard InChI is InChI=1S/C20H20ClN3O3/c1-12(2)27-19(25)10-17(14-5-3-4-6-15(14)21)24-20(26)13-7-8-16-18(9-13)23-11-22-16/h3-9,11-12,17H,10H2,1-2H3,(H,22,23)(H,24,26). The Hall–Kier alpha value is -2.86. The van der Waals surface area contributed by atoms with E-state index in [0.717, 1.165) is 11.0 Å². The molecular weight excluding hydrogens is 366 g/mol. The van der Waals surface area contributed by atoms with Gasteiger partial charge in [0, 0.05) is 10.6 Å². The Kier molecular flexibility index (Phi) is 5.76. The summed E-state index contributed by atoms with van der Waals surface area (Å²) in [5.74, 6) is -0.715. The van der Waals surface area contributed by atoms with E-state index >= 15 is 0 Å². The highest BCUT2D eigenvalue weighted by Crippen LogP contribution is 2.26. The molecule has 0 fully saturated rings. The van der Waals surface area contributed by atoms with Crippen LogP contribution in [0.15, 0.2) is 48.8 Å². The molecule has 2 aromatic carbocycles. The second-order valence-corrected chi connectivity index (χ2v) is 6.83. The van der Waals surface area contributed by atoms with Crippen molar-refractivity contribution >= 4 is 34.5 Å². The molecule has 0 saturated carbocycles.